The summed E-state index contributed by atoms with van der Waals surface area (Å²) in [4.78, 5) is 22.0. The minimum absolute atomic E-state index is 0.0310. The highest BCUT2D eigenvalue weighted by molar-refractivity contribution is 5.78. The standard InChI is InChI=1S/C11H17N3O2/c1-9(15)12-4-5-13-11(16)7-10-3-6-14(2)8-10/h3,6,8H,4-5,7H2,1-2H3,(H,12,15)(H,13,16). The van der Waals surface area contributed by atoms with E-state index < -0.39 is 0 Å². The molecule has 0 radical (unpaired) electrons. The first-order chi connectivity index (χ1) is 7.58. The third kappa shape index (κ3) is 4.63. The lowest BCUT2D eigenvalue weighted by molar-refractivity contribution is -0.121. The van der Waals surface area contributed by atoms with Gasteiger partial charge in [0, 0.05) is 39.5 Å². The first-order valence-electron chi connectivity index (χ1n) is 5.20. The first kappa shape index (κ1) is 12.3. The van der Waals surface area contributed by atoms with Gasteiger partial charge in [-0.1, -0.05) is 0 Å². The second-order valence-corrected chi connectivity index (χ2v) is 3.69. The minimum Gasteiger partial charge on any atom is -0.357 e. The lowest BCUT2D eigenvalue weighted by Crippen LogP contribution is -2.34. The molecule has 0 bridgehead atoms. The van der Waals surface area contributed by atoms with E-state index in [2.05, 4.69) is 10.6 Å². The zero-order valence-corrected chi connectivity index (χ0v) is 9.62. The van der Waals surface area contributed by atoms with Crippen LogP contribution in [0.2, 0.25) is 0 Å². The monoisotopic (exact) mass is 223 g/mol. The van der Waals surface area contributed by atoms with E-state index in [4.69, 9.17) is 0 Å². The predicted molar refractivity (Wildman–Crippen MR) is 60.8 cm³/mol. The Morgan fingerprint density at radius 1 is 1.31 bits per heavy atom. The molecule has 0 saturated carbocycles. The molecule has 1 heterocycles. The average molecular weight is 223 g/mol. The summed E-state index contributed by atoms with van der Waals surface area (Å²) in [6, 6.07) is 1.91. The molecule has 5 heteroatoms. The summed E-state index contributed by atoms with van der Waals surface area (Å²) in [6.45, 7) is 2.38. The number of aryl methyl sites for hydroxylation is 1. The van der Waals surface area contributed by atoms with Gasteiger partial charge in [-0.3, -0.25) is 9.59 Å². The highest BCUT2D eigenvalue weighted by atomic mass is 16.2. The van der Waals surface area contributed by atoms with Crippen LogP contribution in [0.4, 0.5) is 0 Å². The second-order valence-electron chi connectivity index (χ2n) is 3.69. The average Bonchev–Trinajstić information content (AvgIpc) is 2.58. The van der Waals surface area contributed by atoms with E-state index >= 15 is 0 Å². The van der Waals surface area contributed by atoms with Crippen molar-refractivity contribution in [3.05, 3.63) is 24.0 Å². The number of rotatable bonds is 5. The van der Waals surface area contributed by atoms with Crippen molar-refractivity contribution >= 4 is 11.8 Å². The number of hydrogen-bond acceptors (Lipinski definition) is 2. The van der Waals surface area contributed by atoms with Crippen molar-refractivity contribution in [2.45, 2.75) is 13.3 Å². The van der Waals surface area contributed by atoms with Gasteiger partial charge in [0.25, 0.3) is 0 Å². The summed E-state index contributed by atoms with van der Waals surface area (Å²) in [5.41, 5.74) is 0.986. The Labute approximate surface area is 94.8 Å². The first-order valence-corrected chi connectivity index (χ1v) is 5.20. The molecule has 0 fully saturated rings. The van der Waals surface area contributed by atoms with Crippen molar-refractivity contribution < 1.29 is 9.59 Å². The number of nitrogens with zero attached hydrogens (tertiary/aromatic N) is 1. The molecule has 0 aliphatic carbocycles. The molecular weight excluding hydrogens is 206 g/mol. The molecule has 0 unspecified atom stereocenters. The van der Waals surface area contributed by atoms with Gasteiger partial charge in [0.15, 0.2) is 0 Å². The SMILES string of the molecule is CC(=O)NCCNC(=O)Cc1ccn(C)c1. The number of nitrogens with one attached hydrogen (secondary N) is 2. The number of carbonyl (C=O) groups excluding carboxylic acids is 2. The zero-order valence-electron chi connectivity index (χ0n) is 9.62. The van der Waals surface area contributed by atoms with Crippen LogP contribution in [-0.4, -0.2) is 29.5 Å². The highest BCUT2D eigenvalue weighted by Crippen LogP contribution is 1.99. The molecule has 2 amide bonds. The molecular formula is C11H17N3O2. The summed E-state index contributed by atoms with van der Waals surface area (Å²) in [7, 11) is 1.91. The summed E-state index contributed by atoms with van der Waals surface area (Å²) in [5, 5.41) is 5.34. The number of amides is 2. The molecule has 0 aliphatic rings. The highest BCUT2D eigenvalue weighted by Gasteiger charge is 2.03. The maximum Gasteiger partial charge on any atom is 0.224 e. The van der Waals surface area contributed by atoms with E-state index in [9.17, 15) is 9.59 Å². The zero-order chi connectivity index (χ0) is 12.0. The van der Waals surface area contributed by atoms with Gasteiger partial charge in [-0.25, -0.2) is 0 Å². The molecule has 0 spiro atoms. The summed E-state index contributed by atoms with van der Waals surface area (Å²) in [5.74, 6) is -0.117. The molecule has 1 aromatic heterocycles. The molecule has 0 aliphatic heterocycles. The largest absolute Gasteiger partial charge is 0.357 e. The molecule has 88 valence electrons. The lowest BCUT2D eigenvalue weighted by Gasteiger charge is -2.04. The molecule has 2 N–H and O–H groups in total. The van der Waals surface area contributed by atoms with Gasteiger partial charge >= 0.3 is 0 Å². The van der Waals surface area contributed by atoms with E-state index in [-0.39, 0.29) is 11.8 Å². The molecule has 5 nitrogen and oxygen atoms in total. The quantitative estimate of drug-likeness (QED) is 0.680. The van der Waals surface area contributed by atoms with Crippen LogP contribution in [0.5, 0.6) is 0 Å². The fourth-order valence-electron chi connectivity index (χ4n) is 1.35. The van der Waals surface area contributed by atoms with Crippen LogP contribution in [0, 0.1) is 0 Å². The van der Waals surface area contributed by atoms with Gasteiger partial charge in [-0.2, -0.15) is 0 Å². The van der Waals surface area contributed by atoms with E-state index in [1.165, 1.54) is 6.92 Å². The van der Waals surface area contributed by atoms with Gasteiger partial charge in [-0.05, 0) is 11.6 Å². The van der Waals surface area contributed by atoms with Gasteiger partial charge in [0.2, 0.25) is 11.8 Å². The predicted octanol–water partition coefficient (Wildman–Crippen LogP) is -0.180. The van der Waals surface area contributed by atoms with E-state index in [0.29, 0.717) is 19.5 Å². The van der Waals surface area contributed by atoms with E-state index in [0.717, 1.165) is 5.56 Å². The molecule has 0 saturated heterocycles. The fraction of sp³-hybridized carbons (Fsp3) is 0.455. The Balaban J connectivity index is 2.18. The van der Waals surface area contributed by atoms with Crippen molar-refractivity contribution in [1.29, 1.82) is 0 Å². The number of aromatic nitrogens is 1. The van der Waals surface area contributed by atoms with E-state index in [1.54, 1.807) is 0 Å². The van der Waals surface area contributed by atoms with Crippen molar-refractivity contribution in [3.8, 4) is 0 Å². The van der Waals surface area contributed by atoms with Gasteiger partial charge in [0.05, 0.1) is 6.42 Å². The lowest BCUT2D eigenvalue weighted by atomic mass is 10.2. The van der Waals surface area contributed by atoms with Crippen LogP contribution in [0.3, 0.4) is 0 Å². The Bertz CT molecular complexity index is 371. The smallest absolute Gasteiger partial charge is 0.224 e. The van der Waals surface area contributed by atoms with Crippen molar-refractivity contribution in [2.24, 2.45) is 7.05 Å². The normalized spacial score (nSPS) is 9.88. The fourth-order valence-corrected chi connectivity index (χ4v) is 1.35. The van der Waals surface area contributed by atoms with Crippen LogP contribution in [0.25, 0.3) is 0 Å². The van der Waals surface area contributed by atoms with Crippen LogP contribution in [0.15, 0.2) is 18.5 Å². The number of carbonyl (C=O) groups is 2. The maximum atomic E-state index is 11.4. The molecule has 16 heavy (non-hydrogen) atoms. The summed E-state index contributed by atoms with van der Waals surface area (Å²) in [6.07, 6.45) is 4.19. The molecule has 1 rings (SSSR count). The van der Waals surface area contributed by atoms with Gasteiger partial charge in [0.1, 0.15) is 0 Å². The van der Waals surface area contributed by atoms with Crippen molar-refractivity contribution in [3.63, 3.8) is 0 Å². The maximum absolute atomic E-state index is 11.4. The Hall–Kier alpha value is -1.78. The Morgan fingerprint density at radius 3 is 2.56 bits per heavy atom. The van der Waals surface area contributed by atoms with Gasteiger partial charge in [-0.15, -0.1) is 0 Å². The van der Waals surface area contributed by atoms with Crippen molar-refractivity contribution in [2.75, 3.05) is 13.1 Å². The van der Waals surface area contributed by atoms with Crippen LogP contribution in [0.1, 0.15) is 12.5 Å². The molecule has 0 aromatic carbocycles. The van der Waals surface area contributed by atoms with Crippen LogP contribution >= 0.6 is 0 Å². The van der Waals surface area contributed by atoms with Gasteiger partial charge < -0.3 is 15.2 Å². The van der Waals surface area contributed by atoms with Crippen LogP contribution in [-0.2, 0) is 23.1 Å². The van der Waals surface area contributed by atoms with Crippen molar-refractivity contribution in [1.82, 2.24) is 15.2 Å². The topological polar surface area (TPSA) is 63.1 Å². The summed E-state index contributed by atoms with van der Waals surface area (Å²) < 4.78 is 1.90. The Morgan fingerprint density at radius 2 is 2.00 bits per heavy atom. The van der Waals surface area contributed by atoms with E-state index in [1.807, 2.05) is 30.1 Å². The number of hydrogen-bond donors (Lipinski definition) is 2. The molecule has 0 atom stereocenters. The third-order valence-corrected chi connectivity index (χ3v) is 2.08. The van der Waals surface area contributed by atoms with Crippen LogP contribution < -0.4 is 10.6 Å². The summed E-state index contributed by atoms with van der Waals surface area (Å²) >= 11 is 0. The molecule has 1 aromatic rings. The minimum atomic E-state index is -0.0858. The Kier molecular flexibility index (Phi) is 4.57. The second kappa shape index (κ2) is 5.95. The third-order valence-electron chi connectivity index (χ3n) is 2.08.